The predicted molar refractivity (Wildman–Crippen MR) is 101 cm³/mol. The summed E-state index contributed by atoms with van der Waals surface area (Å²) in [7, 11) is 1.58. The Morgan fingerprint density at radius 2 is 1.65 bits per heavy atom. The number of carbonyl (C=O) groups is 1. The van der Waals surface area contributed by atoms with E-state index in [1.165, 1.54) is 16.8 Å². The van der Waals surface area contributed by atoms with E-state index in [2.05, 4.69) is 4.98 Å². The summed E-state index contributed by atoms with van der Waals surface area (Å²) in [6.07, 6.45) is 5.55. The minimum atomic E-state index is -0.467. The third-order valence-corrected chi connectivity index (χ3v) is 3.78. The van der Waals surface area contributed by atoms with Crippen LogP contribution in [0, 0.1) is 0 Å². The Morgan fingerprint density at radius 3 is 2.31 bits per heavy atom. The first-order valence-corrected chi connectivity index (χ1v) is 8.15. The molecule has 0 radical (unpaired) electrons. The van der Waals surface area contributed by atoms with Crippen molar-refractivity contribution in [2.75, 3.05) is 6.61 Å². The second-order valence-electron chi connectivity index (χ2n) is 5.73. The Hall–Kier alpha value is -3.47. The summed E-state index contributed by atoms with van der Waals surface area (Å²) in [6, 6.07) is 19.0. The van der Waals surface area contributed by atoms with Gasteiger partial charge in [-0.3, -0.25) is 4.79 Å². The number of hydrogen-bond acceptors (Lipinski definition) is 4. The van der Waals surface area contributed by atoms with E-state index in [1.54, 1.807) is 19.2 Å². The fourth-order valence-corrected chi connectivity index (χ4v) is 2.28. The molecular weight excluding hydrogens is 328 g/mol. The van der Waals surface area contributed by atoms with E-state index in [1.807, 2.05) is 54.6 Å². The van der Waals surface area contributed by atoms with E-state index in [4.69, 9.17) is 4.74 Å². The van der Waals surface area contributed by atoms with Gasteiger partial charge in [-0.25, -0.2) is 4.79 Å². The molecule has 3 rings (SSSR count). The number of Topliss-reactive ketones (excluding diaryl/α,β-unsaturated/α-hetero) is 1. The Bertz CT molecular complexity index is 974. The van der Waals surface area contributed by atoms with Crippen LogP contribution in [0.15, 0.2) is 71.7 Å². The SMILES string of the molecule is Cn1ccc(C(=O)COc2ccc(/C=C/c3ccccc3)cc2)nc1=O. The summed E-state index contributed by atoms with van der Waals surface area (Å²) in [5, 5.41) is 0. The Labute approximate surface area is 151 Å². The molecule has 5 nitrogen and oxygen atoms in total. The zero-order valence-electron chi connectivity index (χ0n) is 14.3. The van der Waals surface area contributed by atoms with Crippen LogP contribution in [0.1, 0.15) is 21.6 Å². The molecule has 0 aliphatic rings. The van der Waals surface area contributed by atoms with Gasteiger partial charge in [-0.2, -0.15) is 4.98 Å². The summed E-state index contributed by atoms with van der Waals surface area (Å²) in [6.45, 7) is -0.167. The molecule has 0 spiro atoms. The normalized spacial score (nSPS) is 10.8. The van der Waals surface area contributed by atoms with E-state index >= 15 is 0 Å². The molecule has 0 saturated carbocycles. The summed E-state index contributed by atoms with van der Waals surface area (Å²) in [5.41, 5.74) is 1.79. The van der Waals surface area contributed by atoms with Crippen molar-refractivity contribution in [2.24, 2.45) is 7.05 Å². The van der Waals surface area contributed by atoms with Crippen molar-refractivity contribution in [3.8, 4) is 5.75 Å². The van der Waals surface area contributed by atoms with E-state index < -0.39 is 5.69 Å². The maximum absolute atomic E-state index is 12.1. The molecule has 26 heavy (non-hydrogen) atoms. The molecule has 0 saturated heterocycles. The van der Waals surface area contributed by atoms with Crippen LogP contribution in [0.4, 0.5) is 0 Å². The minimum Gasteiger partial charge on any atom is -0.485 e. The molecule has 0 amide bonds. The standard InChI is InChI=1S/C21H18N2O3/c1-23-14-13-19(22-21(23)25)20(24)15-26-18-11-9-17(10-12-18)8-7-16-5-3-2-4-6-16/h2-14H,15H2,1H3/b8-7+. The van der Waals surface area contributed by atoms with Gasteiger partial charge < -0.3 is 9.30 Å². The summed E-state index contributed by atoms with van der Waals surface area (Å²) in [5.74, 6) is 0.245. The van der Waals surface area contributed by atoms with Gasteiger partial charge in [0.1, 0.15) is 11.4 Å². The number of carbonyl (C=O) groups excluding carboxylic acids is 1. The lowest BCUT2D eigenvalue weighted by atomic mass is 10.1. The van der Waals surface area contributed by atoms with Gasteiger partial charge in [0.25, 0.3) is 0 Å². The fraction of sp³-hybridized carbons (Fsp3) is 0.0952. The van der Waals surface area contributed by atoms with Crippen LogP contribution in [0.3, 0.4) is 0 Å². The average molecular weight is 346 g/mol. The second kappa shape index (κ2) is 8.07. The molecule has 3 aromatic rings. The fourth-order valence-electron chi connectivity index (χ4n) is 2.28. The third kappa shape index (κ3) is 4.54. The third-order valence-electron chi connectivity index (χ3n) is 3.78. The van der Waals surface area contributed by atoms with Gasteiger partial charge in [0, 0.05) is 13.2 Å². The van der Waals surface area contributed by atoms with Gasteiger partial charge in [-0.1, -0.05) is 54.6 Å². The van der Waals surface area contributed by atoms with Crippen LogP contribution in [0.2, 0.25) is 0 Å². The van der Waals surface area contributed by atoms with Gasteiger partial charge in [0.05, 0.1) is 0 Å². The highest BCUT2D eigenvalue weighted by Crippen LogP contribution is 2.15. The van der Waals surface area contributed by atoms with Crippen molar-refractivity contribution >= 4 is 17.9 Å². The summed E-state index contributed by atoms with van der Waals surface area (Å²) in [4.78, 5) is 27.3. The van der Waals surface area contributed by atoms with E-state index in [-0.39, 0.29) is 18.1 Å². The van der Waals surface area contributed by atoms with Crippen LogP contribution in [-0.2, 0) is 7.05 Å². The highest BCUT2D eigenvalue weighted by atomic mass is 16.5. The first-order chi connectivity index (χ1) is 12.6. The molecular formula is C21H18N2O3. The first-order valence-electron chi connectivity index (χ1n) is 8.15. The Balaban J connectivity index is 1.59. The quantitative estimate of drug-likeness (QED) is 0.508. The number of aryl methyl sites for hydroxylation is 1. The van der Waals surface area contributed by atoms with Crippen molar-refractivity contribution in [3.63, 3.8) is 0 Å². The van der Waals surface area contributed by atoms with Crippen molar-refractivity contribution in [1.82, 2.24) is 9.55 Å². The number of hydrogen-bond donors (Lipinski definition) is 0. The van der Waals surface area contributed by atoms with E-state index in [0.29, 0.717) is 5.75 Å². The zero-order valence-corrected chi connectivity index (χ0v) is 14.3. The van der Waals surface area contributed by atoms with Gasteiger partial charge >= 0.3 is 5.69 Å². The van der Waals surface area contributed by atoms with Crippen LogP contribution >= 0.6 is 0 Å². The maximum Gasteiger partial charge on any atom is 0.347 e. The number of ether oxygens (including phenoxy) is 1. The average Bonchev–Trinajstić information content (AvgIpc) is 2.68. The molecule has 0 unspecified atom stereocenters. The maximum atomic E-state index is 12.1. The highest BCUT2D eigenvalue weighted by molar-refractivity contribution is 5.95. The van der Waals surface area contributed by atoms with Crippen molar-refractivity contribution in [2.45, 2.75) is 0 Å². The molecule has 0 bridgehead atoms. The number of benzene rings is 2. The van der Waals surface area contributed by atoms with Crippen LogP contribution in [0.5, 0.6) is 5.75 Å². The predicted octanol–water partition coefficient (Wildman–Crippen LogP) is 3.21. The van der Waals surface area contributed by atoms with Crippen molar-refractivity contribution in [1.29, 1.82) is 0 Å². The lowest BCUT2D eigenvalue weighted by Gasteiger charge is -2.06. The lowest BCUT2D eigenvalue weighted by molar-refractivity contribution is 0.0916. The van der Waals surface area contributed by atoms with Crippen LogP contribution < -0.4 is 10.4 Å². The van der Waals surface area contributed by atoms with E-state index in [9.17, 15) is 9.59 Å². The van der Waals surface area contributed by atoms with Gasteiger partial charge in [0.15, 0.2) is 6.61 Å². The first kappa shape index (κ1) is 17.4. The van der Waals surface area contributed by atoms with Gasteiger partial charge in [0.2, 0.25) is 5.78 Å². The molecule has 1 heterocycles. The summed E-state index contributed by atoms with van der Waals surface area (Å²) >= 11 is 0. The Kier molecular flexibility index (Phi) is 5.39. The smallest absolute Gasteiger partial charge is 0.347 e. The Morgan fingerprint density at radius 1 is 1.00 bits per heavy atom. The molecule has 1 aromatic heterocycles. The van der Waals surface area contributed by atoms with Crippen molar-refractivity contribution in [3.05, 3.63) is 94.2 Å². The topological polar surface area (TPSA) is 61.2 Å². The molecule has 2 aromatic carbocycles. The van der Waals surface area contributed by atoms with E-state index in [0.717, 1.165) is 11.1 Å². The van der Waals surface area contributed by atoms with Gasteiger partial charge in [-0.05, 0) is 29.3 Å². The van der Waals surface area contributed by atoms with Crippen LogP contribution in [-0.4, -0.2) is 21.9 Å². The highest BCUT2D eigenvalue weighted by Gasteiger charge is 2.09. The molecule has 0 fully saturated rings. The molecule has 130 valence electrons. The second-order valence-corrected chi connectivity index (χ2v) is 5.73. The molecule has 0 aliphatic heterocycles. The van der Waals surface area contributed by atoms with Crippen LogP contribution in [0.25, 0.3) is 12.2 Å². The molecule has 0 aliphatic carbocycles. The summed E-state index contributed by atoms with van der Waals surface area (Å²) < 4.78 is 6.79. The molecule has 0 atom stereocenters. The monoisotopic (exact) mass is 346 g/mol. The molecule has 0 N–H and O–H groups in total. The minimum absolute atomic E-state index is 0.107. The largest absolute Gasteiger partial charge is 0.485 e. The number of rotatable bonds is 6. The van der Waals surface area contributed by atoms with Gasteiger partial charge in [-0.15, -0.1) is 0 Å². The number of aromatic nitrogens is 2. The number of nitrogens with zero attached hydrogens (tertiary/aromatic N) is 2. The molecule has 5 heteroatoms. The lowest BCUT2D eigenvalue weighted by Crippen LogP contribution is -2.24. The zero-order chi connectivity index (χ0) is 18.4. The number of ketones is 1. The van der Waals surface area contributed by atoms with Crippen molar-refractivity contribution < 1.29 is 9.53 Å².